The van der Waals surface area contributed by atoms with Gasteiger partial charge in [-0.1, -0.05) is 13.3 Å². The van der Waals surface area contributed by atoms with Crippen LogP contribution in [0.2, 0.25) is 0 Å². The first-order valence-electron chi connectivity index (χ1n) is 7.63. The quantitative estimate of drug-likeness (QED) is 0.864. The van der Waals surface area contributed by atoms with Crippen molar-refractivity contribution in [2.45, 2.75) is 51.2 Å². The molecule has 2 saturated heterocycles. The summed E-state index contributed by atoms with van der Waals surface area (Å²) < 4.78 is 0.216. The van der Waals surface area contributed by atoms with Gasteiger partial charge in [0.05, 0.1) is 5.41 Å². The molecule has 0 atom stereocenters. The zero-order valence-corrected chi connectivity index (χ0v) is 13.4. The summed E-state index contributed by atoms with van der Waals surface area (Å²) in [5, 5.41) is 3.40. The molecule has 0 aromatic carbocycles. The Morgan fingerprint density at radius 2 is 2.00 bits per heavy atom. The van der Waals surface area contributed by atoms with Crippen LogP contribution in [0.1, 0.15) is 46.5 Å². The van der Waals surface area contributed by atoms with Crippen molar-refractivity contribution in [1.29, 1.82) is 0 Å². The first kappa shape index (κ1) is 15.2. The third-order valence-electron chi connectivity index (χ3n) is 4.46. The minimum Gasteiger partial charge on any atom is -0.340 e. The molecule has 0 unspecified atom stereocenters. The van der Waals surface area contributed by atoms with Crippen molar-refractivity contribution in [2.24, 2.45) is 5.41 Å². The average Bonchev–Trinajstić information content (AvgIpc) is 2.38. The van der Waals surface area contributed by atoms with E-state index in [9.17, 15) is 4.79 Å². The van der Waals surface area contributed by atoms with Crippen LogP contribution in [0.15, 0.2) is 0 Å². The fourth-order valence-electron chi connectivity index (χ4n) is 3.48. The van der Waals surface area contributed by atoms with Crippen molar-refractivity contribution in [3.05, 3.63) is 0 Å². The minimum absolute atomic E-state index is 0.0713. The second-order valence-corrected chi connectivity index (χ2v) is 8.42. The van der Waals surface area contributed by atoms with E-state index in [0.717, 1.165) is 57.6 Å². The summed E-state index contributed by atoms with van der Waals surface area (Å²) in [5.41, 5.74) is -0.0713. The van der Waals surface area contributed by atoms with Gasteiger partial charge in [0.1, 0.15) is 0 Å². The molecule has 0 radical (unpaired) electrons. The van der Waals surface area contributed by atoms with Crippen molar-refractivity contribution in [3.8, 4) is 0 Å². The van der Waals surface area contributed by atoms with Crippen molar-refractivity contribution >= 4 is 17.7 Å². The molecule has 1 amide bonds. The van der Waals surface area contributed by atoms with Crippen LogP contribution in [0, 0.1) is 5.41 Å². The lowest BCUT2D eigenvalue weighted by atomic mass is 9.74. The fourth-order valence-corrected chi connectivity index (χ4v) is 4.59. The van der Waals surface area contributed by atoms with Gasteiger partial charge in [-0.15, -0.1) is 0 Å². The Balaban J connectivity index is 2.10. The van der Waals surface area contributed by atoms with E-state index >= 15 is 0 Å². The molecule has 0 aromatic heterocycles. The number of nitrogens with zero attached hydrogens (tertiary/aromatic N) is 1. The molecule has 1 N–H and O–H groups in total. The number of carbonyl (C=O) groups is 1. The van der Waals surface area contributed by atoms with E-state index in [2.05, 4.69) is 31.0 Å². The fraction of sp³-hybridized carbons (Fsp3) is 0.933. The number of carbonyl (C=O) groups excluding carboxylic acids is 1. The molecule has 2 aliphatic rings. The topological polar surface area (TPSA) is 32.3 Å². The van der Waals surface area contributed by atoms with Crippen LogP contribution in [-0.2, 0) is 4.79 Å². The Morgan fingerprint density at radius 3 is 2.58 bits per heavy atom. The third kappa shape index (κ3) is 3.46. The molecule has 2 aliphatic heterocycles. The maximum absolute atomic E-state index is 13.0. The molecule has 0 bridgehead atoms. The highest BCUT2D eigenvalue weighted by Crippen LogP contribution is 2.38. The van der Waals surface area contributed by atoms with Gasteiger partial charge < -0.3 is 10.2 Å². The van der Waals surface area contributed by atoms with Gasteiger partial charge in [0.25, 0.3) is 0 Å². The molecule has 4 heteroatoms. The normalized spacial score (nSPS) is 26.2. The minimum atomic E-state index is -0.0713. The molecule has 3 nitrogen and oxygen atoms in total. The van der Waals surface area contributed by atoms with Gasteiger partial charge in [-0.05, 0) is 46.2 Å². The maximum Gasteiger partial charge on any atom is 0.228 e. The zero-order chi connectivity index (χ0) is 13.9. The van der Waals surface area contributed by atoms with E-state index in [1.165, 1.54) is 0 Å². The van der Waals surface area contributed by atoms with Crippen molar-refractivity contribution < 1.29 is 4.79 Å². The van der Waals surface area contributed by atoms with Gasteiger partial charge in [0.2, 0.25) is 5.91 Å². The summed E-state index contributed by atoms with van der Waals surface area (Å²) in [6, 6.07) is 0. The number of hydrogen-bond donors (Lipinski definition) is 1. The van der Waals surface area contributed by atoms with Gasteiger partial charge in [0, 0.05) is 23.6 Å². The second kappa shape index (κ2) is 6.04. The lowest BCUT2D eigenvalue weighted by Gasteiger charge is -2.44. The Hall–Kier alpha value is -0.220. The summed E-state index contributed by atoms with van der Waals surface area (Å²) in [6.45, 7) is 10.6. The Kier molecular flexibility index (Phi) is 4.83. The van der Waals surface area contributed by atoms with Crippen molar-refractivity contribution in [1.82, 2.24) is 10.2 Å². The van der Waals surface area contributed by atoms with E-state index in [0.29, 0.717) is 5.91 Å². The van der Waals surface area contributed by atoms with Gasteiger partial charge >= 0.3 is 0 Å². The molecule has 0 saturated carbocycles. The monoisotopic (exact) mass is 284 g/mol. The SMILES string of the molecule is CCCC1(C(=O)N2CCSC(C)(C)C2)CCNCC1. The van der Waals surface area contributed by atoms with Crippen LogP contribution in [-0.4, -0.2) is 47.5 Å². The van der Waals surface area contributed by atoms with Gasteiger partial charge in [-0.2, -0.15) is 11.8 Å². The van der Waals surface area contributed by atoms with Crippen molar-refractivity contribution in [2.75, 3.05) is 31.9 Å². The van der Waals surface area contributed by atoms with Crippen LogP contribution < -0.4 is 5.32 Å². The Bertz CT molecular complexity index is 319. The van der Waals surface area contributed by atoms with Crippen LogP contribution >= 0.6 is 11.8 Å². The van der Waals surface area contributed by atoms with Crippen LogP contribution in [0.5, 0.6) is 0 Å². The first-order valence-corrected chi connectivity index (χ1v) is 8.62. The summed E-state index contributed by atoms with van der Waals surface area (Å²) in [6.07, 6.45) is 4.20. The van der Waals surface area contributed by atoms with E-state index < -0.39 is 0 Å². The molecule has 110 valence electrons. The highest BCUT2D eigenvalue weighted by Gasteiger charge is 2.43. The summed E-state index contributed by atoms with van der Waals surface area (Å²) in [7, 11) is 0. The summed E-state index contributed by atoms with van der Waals surface area (Å²) in [5.74, 6) is 1.52. The zero-order valence-electron chi connectivity index (χ0n) is 12.6. The second-order valence-electron chi connectivity index (χ2n) is 6.62. The number of rotatable bonds is 3. The molecule has 2 fully saturated rings. The van der Waals surface area contributed by atoms with Crippen LogP contribution in [0.25, 0.3) is 0 Å². The maximum atomic E-state index is 13.0. The number of thioether (sulfide) groups is 1. The summed E-state index contributed by atoms with van der Waals surface area (Å²) in [4.78, 5) is 15.2. The van der Waals surface area contributed by atoms with Gasteiger partial charge in [-0.25, -0.2) is 0 Å². The average molecular weight is 284 g/mol. The third-order valence-corrected chi connectivity index (χ3v) is 5.75. The largest absolute Gasteiger partial charge is 0.340 e. The lowest BCUT2D eigenvalue weighted by Crippen LogP contribution is -2.54. The predicted octanol–water partition coefficient (Wildman–Crippen LogP) is 2.51. The Labute approximate surface area is 121 Å². The van der Waals surface area contributed by atoms with E-state index in [1.54, 1.807) is 0 Å². The number of amides is 1. The molecular weight excluding hydrogens is 256 g/mol. The molecular formula is C15H28N2OS. The standard InChI is InChI=1S/C15H28N2OS/c1-4-5-15(6-8-16-9-7-15)13(18)17-10-11-19-14(2,3)12-17/h16H,4-12H2,1-3H3. The highest BCUT2D eigenvalue weighted by molar-refractivity contribution is 8.00. The summed E-state index contributed by atoms with van der Waals surface area (Å²) >= 11 is 1.99. The smallest absolute Gasteiger partial charge is 0.228 e. The highest BCUT2D eigenvalue weighted by atomic mass is 32.2. The van der Waals surface area contributed by atoms with E-state index in [-0.39, 0.29) is 10.2 Å². The van der Waals surface area contributed by atoms with Crippen LogP contribution in [0.4, 0.5) is 0 Å². The molecule has 2 rings (SSSR count). The predicted molar refractivity (Wildman–Crippen MR) is 82.6 cm³/mol. The molecule has 0 aromatic rings. The Morgan fingerprint density at radius 1 is 1.32 bits per heavy atom. The molecule has 0 spiro atoms. The van der Waals surface area contributed by atoms with E-state index in [1.807, 2.05) is 11.8 Å². The van der Waals surface area contributed by atoms with Gasteiger partial charge in [-0.3, -0.25) is 4.79 Å². The van der Waals surface area contributed by atoms with E-state index in [4.69, 9.17) is 0 Å². The van der Waals surface area contributed by atoms with Crippen molar-refractivity contribution in [3.63, 3.8) is 0 Å². The number of piperidine rings is 1. The van der Waals surface area contributed by atoms with Gasteiger partial charge in [0.15, 0.2) is 0 Å². The van der Waals surface area contributed by atoms with Crippen LogP contribution in [0.3, 0.4) is 0 Å². The first-order chi connectivity index (χ1) is 8.99. The molecule has 0 aliphatic carbocycles. The molecule has 2 heterocycles. The number of nitrogens with one attached hydrogen (secondary N) is 1. The number of hydrogen-bond acceptors (Lipinski definition) is 3. The molecule has 19 heavy (non-hydrogen) atoms. The lowest BCUT2D eigenvalue weighted by molar-refractivity contribution is -0.144.